The number of aromatic nitrogens is 4. The molecule has 0 aliphatic carbocycles. The average molecular weight is 411 g/mol. The molecule has 9 nitrogen and oxygen atoms in total. The molecule has 10 heteroatoms. The van der Waals surface area contributed by atoms with E-state index in [0.717, 1.165) is 0 Å². The summed E-state index contributed by atoms with van der Waals surface area (Å²) < 4.78 is 8.60. The Morgan fingerprint density at radius 3 is 2.69 bits per heavy atom. The number of nitrogen functional groups attached to an aromatic ring is 1. The van der Waals surface area contributed by atoms with Gasteiger partial charge in [0.15, 0.2) is 5.78 Å². The molecular formula is C19H17N5O4S. The van der Waals surface area contributed by atoms with Crippen molar-refractivity contribution in [3.05, 3.63) is 74.7 Å². The molecule has 0 unspecified atom stereocenters. The first-order valence-corrected chi connectivity index (χ1v) is 9.46. The number of rotatable bonds is 5. The summed E-state index contributed by atoms with van der Waals surface area (Å²) in [6.45, 7) is 1.47. The Balaban J connectivity index is 1.93. The first-order valence-electron chi connectivity index (χ1n) is 8.64. The molecule has 3 heterocycles. The van der Waals surface area contributed by atoms with Gasteiger partial charge in [-0.2, -0.15) is 9.77 Å². The molecule has 148 valence electrons. The lowest BCUT2D eigenvalue weighted by Crippen LogP contribution is -2.45. The van der Waals surface area contributed by atoms with Gasteiger partial charge in [0.25, 0.3) is 5.56 Å². The summed E-state index contributed by atoms with van der Waals surface area (Å²) in [5, 5.41) is 5.15. The first-order chi connectivity index (χ1) is 13.9. The highest BCUT2D eigenvalue weighted by Gasteiger charge is 2.22. The Morgan fingerprint density at radius 1 is 1.24 bits per heavy atom. The molecular weight excluding hydrogens is 394 g/mol. The molecule has 0 saturated carbocycles. The number of para-hydroxylation sites is 1. The zero-order chi connectivity index (χ0) is 20.7. The number of nitrogens with zero attached hydrogens (tertiary/aromatic N) is 4. The van der Waals surface area contributed by atoms with Crippen molar-refractivity contribution in [3.63, 3.8) is 0 Å². The van der Waals surface area contributed by atoms with Crippen LogP contribution >= 0.6 is 11.3 Å². The van der Waals surface area contributed by atoms with Crippen LogP contribution in [0.25, 0.3) is 15.2 Å². The number of Topliss-reactive ketones (excluding diaryl/α,β-unsaturated/α-hetero) is 1. The number of aryl methyl sites for hydroxylation is 1. The van der Waals surface area contributed by atoms with E-state index < -0.39 is 11.2 Å². The molecule has 3 aromatic heterocycles. The van der Waals surface area contributed by atoms with E-state index in [1.165, 1.54) is 23.0 Å². The number of methoxy groups -OCH3 is 1. The van der Waals surface area contributed by atoms with Gasteiger partial charge in [-0.3, -0.25) is 14.2 Å². The van der Waals surface area contributed by atoms with E-state index in [1.54, 1.807) is 54.3 Å². The molecule has 0 amide bonds. The van der Waals surface area contributed by atoms with Gasteiger partial charge in [0.2, 0.25) is 0 Å². The number of thiophene rings is 1. The number of ether oxygens (including phenoxy) is 1. The smallest absolute Gasteiger partial charge is 0.351 e. The molecule has 0 radical (unpaired) electrons. The lowest BCUT2D eigenvalue weighted by molar-refractivity contribution is 0.0968. The van der Waals surface area contributed by atoms with Crippen LogP contribution in [0.4, 0.5) is 0 Å². The van der Waals surface area contributed by atoms with Crippen LogP contribution < -0.4 is 21.8 Å². The number of carbonyl (C=O) groups is 1. The number of nitrogens with two attached hydrogens (primary N) is 1. The second-order valence-corrected chi connectivity index (χ2v) is 7.31. The van der Waals surface area contributed by atoms with Crippen LogP contribution in [-0.2, 0) is 6.54 Å². The molecule has 2 N–H and O–H groups in total. The van der Waals surface area contributed by atoms with Crippen LogP contribution in [0.2, 0.25) is 0 Å². The SMILES string of the molecule is COc1ccccc1C(=O)Cn1c(=O)n(N)c(=O)c2c(C)c(-n3cccn3)sc21. The van der Waals surface area contributed by atoms with Crippen LogP contribution in [0.3, 0.4) is 0 Å². The molecule has 0 spiro atoms. The highest BCUT2D eigenvalue weighted by molar-refractivity contribution is 7.21. The van der Waals surface area contributed by atoms with Gasteiger partial charge in [-0.25, -0.2) is 9.48 Å². The van der Waals surface area contributed by atoms with Gasteiger partial charge >= 0.3 is 5.69 Å². The number of hydrogen-bond donors (Lipinski definition) is 1. The molecule has 0 atom stereocenters. The largest absolute Gasteiger partial charge is 0.496 e. The van der Waals surface area contributed by atoms with E-state index in [-0.39, 0.29) is 17.7 Å². The van der Waals surface area contributed by atoms with Crippen molar-refractivity contribution in [3.8, 4) is 10.8 Å². The van der Waals surface area contributed by atoms with Gasteiger partial charge in [0, 0.05) is 18.0 Å². The fraction of sp³-hybridized carbons (Fsp3) is 0.158. The maximum Gasteiger partial charge on any atom is 0.351 e. The summed E-state index contributed by atoms with van der Waals surface area (Å²) >= 11 is 1.20. The van der Waals surface area contributed by atoms with Crippen molar-refractivity contribution < 1.29 is 9.53 Å². The fourth-order valence-corrected chi connectivity index (χ4v) is 4.44. The van der Waals surface area contributed by atoms with Gasteiger partial charge in [-0.1, -0.05) is 23.5 Å². The predicted octanol–water partition coefficient (Wildman–Crippen LogP) is 1.32. The van der Waals surface area contributed by atoms with E-state index in [2.05, 4.69) is 5.10 Å². The predicted molar refractivity (Wildman–Crippen MR) is 110 cm³/mol. The Bertz CT molecular complexity index is 1350. The Kier molecular flexibility index (Phi) is 4.55. The van der Waals surface area contributed by atoms with Gasteiger partial charge in [-0.15, -0.1) is 0 Å². The summed E-state index contributed by atoms with van der Waals surface area (Å²) in [6, 6.07) is 8.50. The maximum atomic E-state index is 12.9. The first kappa shape index (κ1) is 18.7. The summed E-state index contributed by atoms with van der Waals surface area (Å²) in [7, 11) is 1.47. The van der Waals surface area contributed by atoms with Crippen molar-refractivity contribution in [1.29, 1.82) is 0 Å². The minimum atomic E-state index is -0.765. The number of fused-ring (bicyclic) bond motifs is 1. The Hall–Kier alpha value is -3.66. The Morgan fingerprint density at radius 2 is 2.00 bits per heavy atom. The van der Waals surface area contributed by atoms with Crippen LogP contribution in [0.1, 0.15) is 15.9 Å². The zero-order valence-corrected chi connectivity index (χ0v) is 16.5. The number of benzene rings is 1. The van der Waals surface area contributed by atoms with Gasteiger partial charge < -0.3 is 10.6 Å². The van der Waals surface area contributed by atoms with Crippen LogP contribution in [0, 0.1) is 6.92 Å². The highest BCUT2D eigenvalue weighted by Crippen LogP contribution is 2.30. The summed E-state index contributed by atoms with van der Waals surface area (Å²) in [4.78, 5) is 38.7. The zero-order valence-electron chi connectivity index (χ0n) is 15.7. The molecule has 0 saturated heterocycles. The number of hydrogen-bond acceptors (Lipinski definition) is 7. The minimum absolute atomic E-state index is 0.286. The Labute approximate surface area is 168 Å². The molecule has 0 fully saturated rings. The van der Waals surface area contributed by atoms with Crippen molar-refractivity contribution in [2.75, 3.05) is 13.0 Å². The monoisotopic (exact) mass is 411 g/mol. The lowest BCUT2D eigenvalue weighted by Gasteiger charge is -2.10. The molecule has 0 aliphatic heterocycles. The van der Waals surface area contributed by atoms with Gasteiger partial charge in [0.1, 0.15) is 15.6 Å². The minimum Gasteiger partial charge on any atom is -0.496 e. The summed E-state index contributed by atoms with van der Waals surface area (Å²) in [5.74, 6) is 5.80. The molecule has 29 heavy (non-hydrogen) atoms. The van der Waals surface area contributed by atoms with Crippen molar-refractivity contribution >= 4 is 27.3 Å². The third-order valence-corrected chi connectivity index (χ3v) is 5.94. The van der Waals surface area contributed by atoms with E-state index in [0.29, 0.717) is 31.4 Å². The maximum absolute atomic E-state index is 12.9. The van der Waals surface area contributed by atoms with Gasteiger partial charge in [0.05, 0.1) is 24.6 Å². The van der Waals surface area contributed by atoms with Crippen molar-refractivity contribution in [2.45, 2.75) is 13.5 Å². The third-order valence-electron chi connectivity index (χ3n) is 4.64. The van der Waals surface area contributed by atoms with E-state index in [4.69, 9.17) is 10.6 Å². The molecule has 0 bridgehead atoms. The van der Waals surface area contributed by atoms with Crippen molar-refractivity contribution in [1.82, 2.24) is 19.0 Å². The highest BCUT2D eigenvalue weighted by atomic mass is 32.1. The number of carbonyl (C=O) groups excluding carboxylic acids is 1. The third kappa shape index (κ3) is 2.93. The lowest BCUT2D eigenvalue weighted by atomic mass is 10.1. The van der Waals surface area contributed by atoms with Crippen LogP contribution in [-0.4, -0.2) is 31.9 Å². The van der Waals surface area contributed by atoms with E-state index in [9.17, 15) is 14.4 Å². The normalized spacial score (nSPS) is 11.1. The van der Waals surface area contributed by atoms with Crippen LogP contribution in [0.5, 0.6) is 5.75 Å². The standard InChI is InChI=1S/C19H17N5O4S/c1-11-15-16(26)24(20)19(27)22(18(15)29-17(11)23-9-5-8-21-23)10-13(25)12-6-3-4-7-14(12)28-2/h3-9H,10,20H2,1-2H3. The van der Waals surface area contributed by atoms with E-state index >= 15 is 0 Å². The second kappa shape index (κ2) is 7.06. The van der Waals surface area contributed by atoms with E-state index in [1.807, 2.05) is 0 Å². The fourth-order valence-electron chi connectivity index (χ4n) is 3.20. The quantitative estimate of drug-likeness (QED) is 0.391. The van der Waals surface area contributed by atoms with Crippen LogP contribution in [0.15, 0.2) is 52.3 Å². The van der Waals surface area contributed by atoms with Gasteiger partial charge in [-0.05, 0) is 25.1 Å². The average Bonchev–Trinajstić information content (AvgIpc) is 3.37. The summed E-state index contributed by atoms with van der Waals surface area (Å²) in [6.07, 6.45) is 3.35. The topological polar surface area (TPSA) is 114 Å². The molecule has 1 aromatic carbocycles. The van der Waals surface area contributed by atoms with Crippen molar-refractivity contribution in [2.24, 2.45) is 0 Å². The molecule has 4 rings (SSSR count). The molecule has 0 aliphatic rings. The second-order valence-electron chi connectivity index (χ2n) is 6.33. The molecule has 4 aromatic rings. The summed E-state index contributed by atoms with van der Waals surface area (Å²) in [5.41, 5.74) is -0.404. The number of ketones is 1.